The fraction of sp³-hybridized carbons (Fsp3) is 0.500. The summed E-state index contributed by atoms with van der Waals surface area (Å²) in [5.41, 5.74) is -0.854. The molecule has 0 saturated carbocycles. The number of piperidine rings is 1. The Bertz CT molecular complexity index is 926. The Balaban J connectivity index is 1.57. The molecule has 0 aliphatic carbocycles. The van der Waals surface area contributed by atoms with Gasteiger partial charge in [-0.2, -0.15) is 0 Å². The minimum absolute atomic E-state index is 0.168. The molecule has 2 fully saturated rings. The highest BCUT2D eigenvalue weighted by Gasteiger charge is 2.46. The van der Waals surface area contributed by atoms with Crippen LogP contribution in [0.2, 0.25) is 0 Å². The maximum absolute atomic E-state index is 12.7. The molecule has 0 spiro atoms. The second kappa shape index (κ2) is 7.99. The van der Waals surface area contributed by atoms with E-state index in [0.717, 1.165) is 0 Å². The largest absolute Gasteiger partial charge is 0.490 e. The number of ether oxygens (including phenoxy) is 1. The highest BCUT2D eigenvalue weighted by atomic mass is 32.2. The Morgan fingerprint density at radius 3 is 2.59 bits per heavy atom. The van der Waals surface area contributed by atoms with Gasteiger partial charge in [0, 0.05) is 31.8 Å². The van der Waals surface area contributed by atoms with Crippen molar-refractivity contribution < 1.29 is 27.5 Å². The summed E-state index contributed by atoms with van der Waals surface area (Å²) < 4.78 is 32.7. The van der Waals surface area contributed by atoms with Crippen molar-refractivity contribution >= 4 is 33.6 Å². The summed E-state index contributed by atoms with van der Waals surface area (Å²) in [6.45, 7) is 3.32. The summed E-state index contributed by atoms with van der Waals surface area (Å²) in [6, 6.07) is 6.31. The predicted molar refractivity (Wildman–Crippen MR) is 105 cm³/mol. The quantitative estimate of drug-likeness (QED) is 0.567. The van der Waals surface area contributed by atoms with Crippen LogP contribution in [-0.2, 0) is 19.6 Å². The van der Waals surface area contributed by atoms with Gasteiger partial charge in [0.1, 0.15) is 17.4 Å². The molecule has 1 aromatic rings. The molecule has 0 bridgehead atoms. The number of hydrogen-bond acceptors (Lipinski definition) is 6. The summed E-state index contributed by atoms with van der Waals surface area (Å²) in [6.07, 6.45) is 0.802. The number of urea groups is 1. The van der Waals surface area contributed by atoms with Crippen molar-refractivity contribution in [2.24, 2.45) is 0 Å². The third kappa shape index (κ3) is 5.04. The third-order valence-electron chi connectivity index (χ3n) is 4.84. The summed E-state index contributed by atoms with van der Waals surface area (Å²) in [5, 5.41) is 7.13. The van der Waals surface area contributed by atoms with Crippen LogP contribution in [0.3, 0.4) is 0 Å². The van der Waals surface area contributed by atoms with Gasteiger partial charge >= 0.3 is 6.03 Å². The highest BCUT2D eigenvalue weighted by molar-refractivity contribution is 7.89. The molecule has 29 heavy (non-hydrogen) atoms. The second-order valence-corrected chi connectivity index (χ2v) is 9.39. The van der Waals surface area contributed by atoms with Crippen LogP contribution in [0.15, 0.2) is 24.3 Å². The van der Waals surface area contributed by atoms with Crippen molar-refractivity contribution in [3.8, 4) is 5.75 Å². The molecule has 10 nitrogen and oxygen atoms in total. The Morgan fingerprint density at radius 2 is 2.00 bits per heavy atom. The van der Waals surface area contributed by atoms with E-state index in [-0.39, 0.29) is 25.1 Å². The lowest BCUT2D eigenvalue weighted by Crippen LogP contribution is -2.53. The number of carbonyl (C=O) groups excluding carboxylic acids is 3. The smallest absolute Gasteiger partial charge is 0.322 e. The number of benzene rings is 1. The van der Waals surface area contributed by atoms with Crippen LogP contribution in [0.5, 0.6) is 5.75 Å². The Kier molecular flexibility index (Phi) is 5.80. The molecule has 158 valence electrons. The van der Waals surface area contributed by atoms with Crippen molar-refractivity contribution in [2.45, 2.75) is 38.3 Å². The molecule has 2 aliphatic rings. The van der Waals surface area contributed by atoms with Crippen LogP contribution in [0.1, 0.15) is 26.7 Å². The van der Waals surface area contributed by atoms with E-state index < -0.39 is 33.3 Å². The SMILES string of the molecule is CC(=O)Nc1cccc(OC2CCN(S(=O)(=O)C[C@]3(C)NC(=O)NC3=O)CC2)c1. The predicted octanol–water partition coefficient (Wildman–Crippen LogP) is 0.416. The van der Waals surface area contributed by atoms with E-state index in [9.17, 15) is 22.8 Å². The standard InChI is InChI=1S/C18H24N4O6S/c1-12(23)19-13-4-3-5-15(10-13)28-14-6-8-22(9-7-14)29(26,27)11-18(2)16(24)20-17(25)21-18/h3-5,10,14H,6-9,11H2,1-2H3,(H,19,23)(H2,20,21,24,25)/t18-/m0/s1. The summed E-state index contributed by atoms with van der Waals surface area (Å²) >= 11 is 0. The number of nitrogens with zero attached hydrogens (tertiary/aromatic N) is 1. The first-order chi connectivity index (χ1) is 13.6. The molecule has 3 N–H and O–H groups in total. The lowest BCUT2D eigenvalue weighted by atomic mass is 10.1. The molecule has 0 aromatic heterocycles. The van der Waals surface area contributed by atoms with Crippen molar-refractivity contribution in [1.29, 1.82) is 0 Å². The molecule has 11 heteroatoms. The van der Waals surface area contributed by atoms with E-state index in [4.69, 9.17) is 4.74 Å². The van der Waals surface area contributed by atoms with Crippen molar-refractivity contribution in [1.82, 2.24) is 14.9 Å². The molecule has 2 heterocycles. The molecule has 1 atom stereocenters. The Morgan fingerprint density at radius 1 is 1.31 bits per heavy atom. The van der Waals surface area contributed by atoms with Gasteiger partial charge in [-0.25, -0.2) is 17.5 Å². The number of sulfonamides is 1. The maximum atomic E-state index is 12.7. The van der Waals surface area contributed by atoms with E-state index >= 15 is 0 Å². The van der Waals surface area contributed by atoms with Crippen molar-refractivity contribution in [3.05, 3.63) is 24.3 Å². The third-order valence-corrected chi connectivity index (χ3v) is 6.93. The van der Waals surface area contributed by atoms with Crippen molar-refractivity contribution in [2.75, 3.05) is 24.2 Å². The molecule has 2 saturated heterocycles. The van der Waals surface area contributed by atoms with Gasteiger partial charge in [-0.3, -0.25) is 14.9 Å². The Hall–Kier alpha value is -2.66. The first-order valence-electron chi connectivity index (χ1n) is 9.23. The topological polar surface area (TPSA) is 134 Å². The van der Waals surface area contributed by atoms with Gasteiger partial charge < -0.3 is 15.4 Å². The molecular weight excluding hydrogens is 400 g/mol. The van der Waals surface area contributed by atoms with Crippen LogP contribution in [0.4, 0.5) is 10.5 Å². The van der Waals surface area contributed by atoms with E-state index in [1.807, 2.05) is 0 Å². The van der Waals surface area contributed by atoms with Crippen LogP contribution in [-0.4, -0.2) is 61.1 Å². The molecule has 2 aliphatic heterocycles. The van der Waals surface area contributed by atoms with Crippen LogP contribution in [0.25, 0.3) is 0 Å². The number of imide groups is 1. The van der Waals surface area contributed by atoms with Crippen LogP contribution >= 0.6 is 0 Å². The Labute approximate surface area is 169 Å². The number of anilines is 1. The fourth-order valence-corrected chi connectivity index (χ4v) is 5.29. The first kappa shape index (κ1) is 21.1. The molecule has 0 unspecified atom stereocenters. The van der Waals surface area contributed by atoms with Crippen LogP contribution < -0.4 is 20.7 Å². The van der Waals surface area contributed by atoms with E-state index in [1.54, 1.807) is 24.3 Å². The number of carbonyl (C=O) groups is 3. The van der Waals surface area contributed by atoms with Gasteiger partial charge in [0.2, 0.25) is 15.9 Å². The van der Waals surface area contributed by atoms with Gasteiger partial charge in [-0.15, -0.1) is 0 Å². The average molecular weight is 424 g/mol. The fourth-order valence-electron chi connectivity index (χ4n) is 3.41. The normalized spacial score (nSPS) is 23.4. The van der Waals surface area contributed by atoms with Gasteiger partial charge in [0.25, 0.3) is 5.91 Å². The van der Waals surface area contributed by atoms with Crippen LogP contribution in [0, 0.1) is 0 Å². The second-order valence-electron chi connectivity index (χ2n) is 7.42. The monoisotopic (exact) mass is 424 g/mol. The van der Waals surface area contributed by atoms with E-state index in [0.29, 0.717) is 24.3 Å². The van der Waals surface area contributed by atoms with Gasteiger partial charge in [0.05, 0.1) is 5.75 Å². The van der Waals surface area contributed by atoms with Gasteiger partial charge in [0.15, 0.2) is 0 Å². The van der Waals surface area contributed by atoms with Gasteiger partial charge in [-0.05, 0) is 31.9 Å². The lowest BCUT2D eigenvalue weighted by molar-refractivity contribution is -0.122. The molecular formula is C18H24N4O6S. The molecule has 0 radical (unpaired) electrons. The average Bonchev–Trinajstić information content (AvgIpc) is 2.86. The molecule has 1 aromatic carbocycles. The molecule has 4 amide bonds. The summed E-state index contributed by atoms with van der Waals surface area (Å²) in [5.74, 6) is -0.734. The first-order valence-corrected chi connectivity index (χ1v) is 10.8. The van der Waals surface area contributed by atoms with E-state index in [2.05, 4.69) is 16.0 Å². The van der Waals surface area contributed by atoms with Gasteiger partial charge in [-0.1, -0.05) is 6.07 Å². The summed E-state index contributed by atoms with van der Waals surface area (Å²) in [4.78, 5) is 34.4. The molecule has 3 rings (SSSR count). The number of amides is 4. The lowest BCUT2D eigenvalue weighted by Gasteiger charge is -2.33. The number of nitrogens with one attached hydrogen (secondary N) is 3. The number of rotatable bonds is 6. The minimum atomic E-state index is -3.74. The zero-order chi connectivity index (χ0) is 21.2. The summed E-state index contributed by atoms with van der Waals surface area (Å²) in [7, 11) is -3.74. The number of hydrogen-bond donors (Lipinski definition) is 3. The van der Waals surface area contributed by atoms with E-state index in [1.165, 1.54) is 18.2 Å². The highest BCUT2D eigenvalue weighted by Crippen LogP contribution is 2.24. The minimum Gasteiger partial charge on any atom is -0.490 e. The van der Waals surface area contributed by atoms with Crippen molar-refractivity contribution in [3.63, 3.8) is 0 Å². The zero-order valence-electron chi connectivity index (χ0n) is 16.2. The zero-order valence-corrected chi connectivity index (χ0v) is 17.0. The maximum Gasteiger partial charge on any atom is 0.322 e.